The highest BCUT2D eigenvalue weighted by molar-refractivity contribution is 5.93. The van der Waals surface area contributed by atoms with E-state index in [9.17, 15) is 9.59 Å². The molecule has 0 radical (unpaired) electrons. The van der Waals surface area contributed by atoms with E-state index in [1.165, 1.54) is 0 Å². The number of carbonyl (C=O) groups excluding carboxylic acids is 2. The van der Waals surface area contributed by atoms with Crippen molar-refractivity contribution >= 4 is 11.8 Å². The molecular formula is C24H24N2O4. The van der Waals surface area contributed by atoms with E-state index in [1.54, 1.807) is 76.2 Å². The van der Waals surface area contributed by atoms with Gasteiger partial charge in [-0.3, -0.25) is 19.3 Å². The molecule has 0 aromatic heterocycles. The molecule has 0 spiro atoms. The van der Waals surface area contributed by atoms with Gasteiger partial charge in [0.1, 0.15) is 0 Å². The maximum absolute atomic E-state index is 12.0. The molecule has 2 amide bonds. The van der Waals surface area contributed by atoms with Crippen molar-refractivity contribution in [2.45, 2.75) is 38.9 Å². The van der Waals surface area contributed by atoms with Gasteiger partial charge in [0, 0.05) is 11.1 Å². The number of nitrogens with one attached hydrogen (secondary N) is 2. The first kappa shape index (κ1) is 22.7. The lowest BCUT2D eigenvalue weighted by Gasteiger charge is -2.18. The molecule has 30 heavy (non-hydrogen) atoms. The summed E-state index contributed by atoms with van der Waals surface area (Å²) >= 11 is 0. The van der Waals surface area contributed by atoms with Gasteiger partial charge in [-0.05, 0) is 63.8 Å². The van der Waals surface area contributed by atoms with Crippen LogP contribution in [0.15, 0.2) is 60.7 Å². The van der Waals surface area contributed by atoms with Gasteiger partial charge in [-0.15, -0.1) is 0 Å². The maximum Gasteiger partial charge on any atom is 0.274 e. The van der Waals surface area contributed by atoms with Crippen LogP contribution < -0.4 is 11.0 Å². The Morgan fingerprint density at radius 3 is 1.33 bits per heavy atom. The SMILES string of the molecule is CC(C)(C#CC#CC(C)(C)ONC(=O)c1ccccc1)ONC(=O)c1ccccc1. The first-order valence-electron chi connectivity index (χ1n) is 9.30. The summed E-state index contributed by atoms with van der Waals surface area (Å²) in [7, 11) is 0. The molecule has 0 fully saturated rings. The van der Waals surface area contributed by atoms with E-state index in [0.29, 0.717) is 11.1 Å². The molecule has 0 aliphatic carbocycles. The van der Waals surface area contributed by atoms with Gasteiger partial charge in [-0.25, -0.2) is 11.0 Å². The Kier molecular flexibility index (Phi) is 7.77. The van der Waals surface area contributed by atoms with Gasteiger partial charge >= 0.3 is 0 Å². The van der Waals surface area contributed by atoms with E-state index in [2.05, 4.69) is 34.6 Å². The van der Waals surface area contributed by atoms with Crippen LogP contribution in [0.1, 0.15) is 48.4 Å². The molecule has 6 heteroatoms. The maximum atomic E-state index is 12.0. The largest absolute Gasteiger partial charge is 0.274 e. The molecule has 2 aromatic rings. The van der Waals surface area contributed by atoms with Crippen molar-refractivity contribution in [1.82, 2.24) is 11.0 Å². The smallest absolute Gasteiger partial charge is 0.267 e. The fourth-order valence-electron chi connectivity index (χ4n) is 2.06. The zero-order valence-electron chi connectivity index (χ0n) is 17.4. The molecular weight excluding hydrogens is 380 g/mol. The van der Waals surface area contributed by atoms with Crippen molar-refractivity contribution in [2.75, 3.05) is 0 Å². The predicted octanol–water partition coefficient (Wildman–Crippen LogP) is 3.27. The molecule has 2 rings (SSSR count). The molecule has 0 aliphatic heterocycles. The minimum Gasteiger partial charge on any atom is -0.267 e. The number of hydrogen-bond donors (Lipinski definition) is 2. The van der Waals surface area contributed by atoms with Crippen LogP contribution in [-0.2, 0) is 9.68 Å². The van der Waals surface area contributed by atoms with Gasteiger partial charge < -0.3 is 0 Å². The molecule has 0 aliphatic rings. The second-order valence-corrected chi connectivity index (χ2v) is 7.32. The van der Waals surface area contributed by atoms with Gasteiger partial charge in [-0.1, -0.05) is 48.2 Å². The van der Waals surface area contributed by atoms with Crippen molar-refractivity contribution < 1.29 is 19.3 Å². The van der Waals surface area contributed by atoms with Gasteiger partial charge in [-0.2, -0.15) is 0 Å². The quantitative estimate of drug-likeness (QED) is 0.572. The van der Waals surface area contributed by atoms with Crippen LogP contribution in [0.2, 0.25) is 0 Å². The molecule has 0 heterocycles. The van der Waals surface area contributed by atoms with Crippen LogP contribution in [0.4, 0.5) is 0 Å². The monoisotopic (exact) mass is 404 g/mol. The van der Waals surface area contributed by atoms with Crippen molar-refractivity contribution in [2.24, 2.45) is 0 Å². The summed E-state index contributed by atoms with van der Waals surface area (Å²) in [6.07, 6.45) is 0. The van der Waals surface area contributed by atoms with E-state index in [1.807, 2.05) is 12.1 Å². The molecule has 154 valence electrons. The molecule has 0 saturated heterocycles. The summed E-state index contributed by atoms with van der Waals surface area (Å²) in [6, 6.07) is 17.4. The standard InChI is InChI=1S/C24H24N2O4/c1-23(2,29-25-21(27)19-13-7-5-8-14-19)17-11-12-18-24(3,4)30-26-22(28)20-15-9-6-10-16-20/h5-10,13-16H,1-4H3,(H,25,27)(H,26,28). The average Bonchev–Trinajstić information content (AvgIpc) is 2.75. The fraction of sp³-hybridized carbons (Fsp3) is 0.250. The molecule has 0 unspecified atom stereocenters. The number of carbonyl (C=O) groups is 2. The Balaban J connectivity index is 1.86. The average molecular weight is 404 g/mol. The van der Waals surface area contributed by atoms with Crippen LogP contribution in [0.3, 0.4) is 0 Å². The summed E-state index contributed by atoms with van der Waals surface area (Å²) in [5, 5.41) is 0. The number of benzene rings is 2. The van der Waals surface area contributed by atoms with Gasteiger partial charge in [0.25, 0.3) is 11.8 Å². The number of hydrogen-bond acceptors (Lipinski definition) is 4. The Morgan fingerprint density at radius 1 is 0.667 bits per heavy atom. The van der Waals surface area contributed by atoms with Crippen LogP contribution in [0, 0.1) is 23.7 Å². The molecule has 2 N–H and O–H groups in total. The Hall–Kier alpha value is -3.58. The second kappa shape index (κ2) is 10.3. The van der Waals surface area contributed by atoms with Gasteiger partial charge in [0.2, 0.25) is 0 Å². The topological polar surface area (TPSA) is 76.7 Å². The number of rotatable bonds is 6. The van der Waals surface area contributed by atoms with E-state index in [0.717, 1.165) is 0 Å². The zero-order valence-corrected chi connectivity index (χ0v) is 17.4. The number of amides is 2. The summed E-state index contributed by atoms with van der Waals surface area (Å²) < 4.78 is 0. The minimum atomic E-state index is -0.953. The zero-order chi connectivity index (χ0) is 22.0. The molecule has 2 aromatic carbocycles. The Bertz CT molecular complexity index is 908. The summed E-state index contributed by atoms with van der Waals surface area (Å²) in [5.41, 5.74) is 3.83. The first-order valence-corrected chi connectivity index (χ1v) is 9.30. The predicted molar refractivity (Wildman–Crippen MR) is 114 cm³/mol. The van der Waals surface area contributed by atoms with Crippen molar-refractivity contribution in [3.63, 3.8) is 0 Å². The van der Waals surface area contributed by atoms with E-state index in [4.69, 9.17) is 9.68 Å². The van der Waals surface area contributed by atoms with E-state index < -0.39 is 11.2 Å². The van der Waals surface area contributed by atoms with Crippen LogP contribution in [0.25, 0.3) is 0 Å². The fourth-order valence-corrected chi connectivity index (χ4v) is 2.06. The van der Waals surface area contributed by atoms with Crippen molar-refractivity contribution in [3.8, 4) is 23.7 Å². The molecule has 0 saturated carbocycles. The van der Waals surface area contributed by atoms with Gasteiger partial charge in [0.15, 0.2) is 11.2 Å². The van der Waals surface area contributed by atoms with E-state index in [-0.39, 0.29) is 11.8 Å². The lowest BCUT2D eigenvalue weighted by Crippen LogP contribution is -2.35. The highest BCUT2D eigenvalue weighted by Gasteiger charge is 2.19. The van der Waals surface area contributed by atoms with Gasteiger partial charge in [0.05, 0.1) is 0 Å². The first-order chi connectivity index (χ1) is 14.2. The lowest BCUT2D eigenvalue weighted by atomic mass is 10.1. The normalized spacial score (nSPS) is 10.7. The molecule has 6 nitrogen and oxygen atoms in total. The van der Waals surface area contributed by atoms with E-state index >= 15 is 0 Å². The summed E-state index contributed by atoms with van der Waals surface area (Å²) in [5.74, 6) is 10.3. The Labute approximate surface area is 176 Å². The van der Waals surface area contributed by atoms with Crippen LogP contribution in [-0.4, -0.2) is 23.0 Å². The lowest BCUT2D eigenvalue weighted by molar-refractivity contribution is -0.0364. The third-order valence-corrected chi connectivity index (χ3v) is 3.66. The van der Waals surface area contributed by atoms with Crippen molar-refractivity contribution in [1.29, 1.82) is 0 Å². The Morgan fingerprint density at radius 2 is 1.00 bits per heavy atom. The molecule has 0 bridgehead atoms. The summed E-state index contributed by atoms with van der Waals surface area (Å²) in [4.78, 5) is 34.8. The van der Waals surface area contributed by atoms with Crippen LogP contribution in [0.5, 0.6) is 0 Å². The van der Waals surface area contributed by atoms with Crippen molar-refractivity contribution in [3.05, 3.63) is 71.8 Å². The summed E-state index contributed by atoms with van der Waals surface area (Å²) in [6.45, 7) is 6.81. The minimum absolute atomic E-state index is 0.361. The number of hydroxylamine groups is 2. The third-order valence-electron chi connectivity index (χ3n) is 3.66. The molecule has 0 atom stereocenters. The van der Waals surface area contributed by atoms with Crippen LogP contribution >= 0.6 is 0 Å². The second-order valence-electron chi connectivity index (χ2n) is 7.32. The highest BCUT2D eigenvalue weighted by atomic mass is 16.7. The third kappa shape index (κ3) is 7.81. The highest BCUT2D eigenvalue weighted by Crippen LogP contribution is 2.08.